The molecule has 0 saturated heterocycles. The summed E-state index contributed by atoms with van der Waals surface area (Å²) < 4.78 is 14.6. The van der Waals surface area contributed by atoms with E-state index in [1.807, 2.05) is 19.5 Å². The van der Waals surface area contributed by atoms with Gasteiger partial charge in [0.05, 0.1) is 14.9 Å². The summed E-state index contributed by atoms with van der Waals surface area (Å²) in [5.41, 5.74) is 1.91. The number of alkyl halides is 1. The minimum atomic E-state index is -0.950. The van der Waals surface area contributed by atoms with Gasteiger partial charge in [-0.1, -0.05) is 13.3 Å². The Morgan fingerprint density at radius 1 is 1.24 bits per heavy atom. The van der Waals surface area contributed by atoms with Crippen molar-refractivity contribution < 1.29 is 4.39 Å². The summed E-state index contributed by atoms with van der Waals surface area (Å²) in [4.78, 5) is 13.8. The highest BCUT2D eigenvalue weighted by molar-refractivity contribution is 7.31. The first-order valence-corrected chi connectivity index (χ1v) is 8.49. The molecule has 114 valence electrons. The number of halogens is 1. The lowest BCUT2D eigenvalue weighted by molar-refractivity contribution is 0.200. The molecule has 3 aromatic rings. The first kappa shape index (κ1) is 16.0. The zero-order chi connectivity index (χ0) is 15.5. The topological polar surface area (TPSA) is 50.7 Å². The Kier molecular flexibility index (Phi) is 5.05. The number of thiazole rings is 1. The van der Waals surface area contributed by atoms with Crippen LogP contribution >= 0.6 is 22.7 Å². The van der Waals surface area contributed by atoms with Gasteiger partial charge in [0.25, 0.3) is 0 Å². The monoisotopic (exact) mass is 326 g/mol. The molecule has 3 rings (SSSR count). The first-order chi connectivity index (χ1) is 9.96. The Morgan fingerprint density at radius 2 is 2.00 bits per heavy atom. The summed E-state index contributed by atoms with van der Waals surface area (Å²) in [7, 11) is 1.86. The summed E-state index contributed by atoms with van der Waals surface area (Å²) in [6.07, 6.45) is 3.19. The number of nitrogens with zero attached hydrogens (tertiary/aromatic N) is 3. The van der Waals surface area contributed by atoms with Crippen molar-refractivity contribution in [2.75, 3.05) is 12.4 Å². The molecule has 0 unspecified atom stereocenters. The lowest BCUT2D eigenvalue weighted by atomic mass is 10.1. The van der Waals surface area contributed by atoms with E-state index in [1.165, 1.54) is 0 Å². The molecule has 0 radical (unpaired) electrons. The predicted octanol–water partition coefficient (Wildman–Crippen LogP) is 4.88. The summed E-state index contributed by atoms with van der Waals surface area (Å²) >= 11 is 3.26. The molecule has 0 atom stereocenters. The van der Waals surface area contributed by atoms with Gasteiger partial charge in [0.15, 0.2) is 0 Å². The van der Waals surface area contributed by atoms with Gasteiger partial charge in [-0.15, -0.1) is 22.7 Å². The van der Waals surface area contributed by atoms with Gasteiger partial charge in [-0.2, -0.15) is 0 Å². The minimum absolute atomic E-state index is 0.674. The van der Waals surface area contributed by atoms with Crippen LogP contribution in [0.1, 0.15) is 33.6 Å². The minimum Gasteiger partial charge on any atom is -0.372 e. The molecule has 1 N–H and O–H groups in total. The third-order valence-electron chi connectivity index (χ3n) is 2.83. The van der Waals surface area contributed by atoms with Crippen LogP contribution in [0, 0.1) is 0 Å². The van der Waals surface area contributed by atoms with Crippen molar-refractivity contribution in [2.24, 2.45) is 0 Å². The van der Waals surface area contributed by atoms with Crippen molar-refractivity contribution in [3.8, 4) is 0 Å². The largest absolute Gasteiger partial charge is 0.372 e. The molecule has 7 heteroatoms. The molecule has 0 aliphatic rings. The van der Waals surface area contributed by atoms with Crippen LogP contribution in [0.5, 0.6) is 0 Å². The Labute approximate surface area is 131 Å². The van der Waals surface area contributed by atoms with Crippen LogP contribution in [-0.4, -0.2) is 27.7 Å². The molecule has 0 amide bonds. The number of fused-ring (bicyclic) bond motifs is 3. The van der Waals surface area contributed by atoms with Crippen LogP contribution in [0.4, 0.5) is 10.2 Å². The molecule has 0 bridgehead atoms. The zero-order valence-electron chi connectivity index (χ0n) is 12.6. The van der Waals surface area contributed by atoms with Gasteiger partial charge < -0.3 is 5.32 Å². The smallest absolute Gasteiger partial charge is 0.147 e. The van der Waals surface area contributed by atoms with Gasteiger partial charge in [0, 0.05) is 7.05 Å². The van der Waals surface area contributed by atoms with E-state index in [9.17, 15) is 4.39 Å². The number of nitrogens with one attached hydrogen (secondary N) is 1. The van der Waals surface area contributed by atoms with Gasteiger partial charge in [-0.25, -0.2) is 19.3 Å². The van der Waals surface area contributed by atoms with Crippen LogP contribution in [0.25, 0.3) is 19.7 Å². The number of rotatable bonds is 3. The normalized spacial score (nSPS) is 11.5. The molecule has 21 heavy (non-hydrogen) atoms. The van der Waals surface area contributed by atoms with Crippen molar-refractivity contribution in [1.82, 2.24) is 15.0 Å². The molecule has 0 aromatic carbocycles. The summed E-state index contributed by atoms with van der Waals surface area (Å²) in [6.45, 7) is 5.20. The number of anilines is 1. The second-order valence-corrected chi connectivity index (χ2v) is 7.06. The standard InChI is InChI=1S/C8H6N4S2.C6H13F/c1-9-7-5-4(10-2-11-7)6-8(14-5)12-3-13-6;1-4-5-6(2,3)7/h2-3H,1H3,(H,9,10,11);4-5H2,1-3H3. The fourth-order valence-electron chi connectivity index (χ4n) is 1.97. The van der Waals surface area contributed by atoms with Crippen LogP contribution in [0.2, 0.25) is 0 Å². The molecule has 4 nitrogen and oxygen atoms in total. The quantitative estimate of drug-likeness (QED) is 0.745. The molecule has 0 fully saturated rings. The maximum absolute atomic E-state index is 12.4. The molecule has 0 spiro atoms. The van der Waals surface area contributed by atoms with E-state index < -0.39 is 5.67 Å². The number of hydrogen-bond donors (Lipinski definition) is 1. The molecule has 0 aliphatic heterocycles. The van der Waals surface area contributed by atoms with Gasteiger partial charge in [0.2, 0.25) is 0 Å². The Balaban J connectivity index is 0.000000199. The van der Waals surface area contributed by atoms with E-state index in [0.29, 0.717) is 6.42 Å². The molecule has 0 aliphatic carbocycles. The Hall–Kier alpha value is -1.34. The Bertz CT molecular complexity index is 714. The fourth-order valence-corrected chi connectivity index (χ4v) is 4.04. The lowest BCUT2D eigenvalue weighted by Gasteiger charge is -2.10. The van der Waals surface area contributed by atoms with Crippen molar-refractivity contribution in [1.29, 1.82) is 0 Å². The third-order valence-corrected chi connectivity index (χ3v) is 4.89. The van der Waals surface area contributed by atoms with E-state index in [4.69, 9.17) is 0 Å². The van der Waals surface area contributed by atoms with Gasteiger partial charge in [-0.3, -0.25) is 0 Å². The number of thiophene rings is 1. The Morgan fingerprint density at radius 3 is 2.57 bits per heavy atom. The second-order valence-electron chi connectivity index (χ2n) is 5.21. The van der Waals surface area contributed by atoms with Crippen molar-refractivity contribution >= 4 is 48.2 Å². The third kappa shape index (κ3) is 3.85. The molecular weight excluding hydrogens is 307 g/mol. The predicted molar refractivity (Wildman–Crippen MR) is 90.2 cm³/mol. The van der Waals surface area contributed by atoms with E-state index in [0.717, 1.165) is 32.0 Å². The van der Waals surface area contributed by atoms with Crippen LogP contribution in [0.15, 0.2) is 11.8 Å². The average Bonchev–Trinajstić information content (AvgIpc) is 2.98. The number of hydrogen-bond acceptors (Lipinski definition) is 6. The number of aromatic nitrogens is 3. The van der Waals surface area contributed by atoms with E-state index in [1.54, 1.807) is 42.8 Å². The fraction of sp³-hybridized carbons (Fsp3) is 0.500. The maximum atomic E-state index is 12.4. The van der Waals surface area contributed by atoms with Crippen molar-refractivity contribution in [3.63, 3.8) is 0 Å². The SMILES string of the molecule is CCCC(C)(C)F.CNc1ncnc2c1sc1ncsc12. The van der Waals surface area contributed by atoms with Crippen LogP contribution < -0.4 is 5.32 Å². The summed E-state index contributed by atoms with van der Waals surface area (Å²) in [5, 5.41) is 3.06. The van der Waals surface area contributed by atoms with Crippen LogP contribution in [0.3, 0.4) is 0 Å². The highest BCUT2D eigenvalue weighted by atomic mass is 32.1. The highest BCUT2D eigenvalue weighted by Gasteiger charge is 2.12. The van der Waals surface area contributed by atoms with E-state index in [2.05, 4.69) is 20.3 Å². The highest BCUT2D eigenvalue weighted by Crippen LogP contribution is 2.36. The van der Waals surface area contributed by atoms with Crippen molar-refractivity contribution in [2.45, 2.75) is 39.3 Å². The van der Waals surface area contributed by atoms with Crippen molar-refractivity contribution in [3.05, 3.63) is 11.8 Å². The van der Waals surface area contributed by atoms with Gasteiger partial charge in [-0.05, 0) is 20.3 Å². The second kappa shape index (κ2) is 6.62. The maximum Gasteiger partial charge on any atom is 0.147 e. The van der Waals surface area contributed by atoms with E-state index in [-0.39, 0.29) is 0 Å². The average molecular weight is 326 g/mol. The summed E-state index contributed by atoms with van der Waals surface area (Å²) in [5.74, 6) is 0.880. The molecule has 3 aromatic heterocycles. The summed E-state index contributed by atoms with van der Waals surface area (Å²) in [6, 6.07) is 0. The van der Waals surface area contributed by atoms with Gasteiger partial charge >= 0.3 is 0 Å². The van der Waals surface area contributed by atoms with Crippen LogP contribution in [-0.2, 0) is 0 Å². The molecule has 0 saturated carbocycles. The lowest BCUT2D eigenvalue weighted by Crippen LogP contribution is -2.09. The van der Waals surface area contributed by atoms with E-state index >= 15 is 0 Å². The first-order valence-electron chi connectivity index (χ1n) is 6.79. The molecule has 3 heterocycles. The molecular formula is C14H19FN4S2. The van der Waals surface area contributed by atoms with Gasteiger partial charge in [0.1, 0.15) is 28.2 Å². The zero-order valence-corrected chi connectivity index (χ0v) is 14.2.